The fourth-order valence-electron chi connectivity index (χ4n) is 1.83. The van der Waals surface area contributed by atoms with Crippen LogP contribution in [0.3, 0.4) is 0 Å². The molecule has 0 aliphatic rings. The molecule has 19 heavy (non-hydrogen) atoms. The Kier molecular flexibility index (Phi) is 3.62. The molecule has 0 radical (unpaired) electrons. The van der Waals surface area contributed by atoms with Crippen molar-refractivity contribution in [3.63, 3.8) is 0 Å². The highest BCUT2D eigenvalue weighted by atomic mass is 32.2. The number of nitrogens with one attached hydrogen (secondary N) is 1. The molecule has 0 atom stereocenters. The third-order valence-corrected chi connectivity index (χ3v) is 4.30. The Balaban J connectivity index is 2.39. The quantitative estimate of drug-likeness (QED) is 0.933. The second-order valence-corrected chi connectivity index (χ2v) is 6.42. The number of rotatable bonds is 3. The van der Waals surface area contributed by atoms with Gasteiger partial charge >= 0.3 is 0 Å². The standard InChI is InChI=1S/C15H17NO2S/c1-11-5-4-6-14(9-11)19(17,18)16-15-10-12(2)7-8-13(15)3/h4-10,16H,1-3H3. The van der Waals surface area contributed by atoms with E-state index in [-0.39, 0.29) is 4.90 Å². The van der Waals surface area contributed by atoms with E-state index in [1.165, 1.54) is 0 Å². The van der Waals surface area contributed by atoms with Crippen LogP contribution in [0.4, 0.5) is 5.69 Å². The SMILES string of the molecule is Cc1cccc(S(=O)(=O)Nc2cc(C)ccc2C)c1. The van der Waals surface area contributed by atoms with Gasteiger partial charge in [-0.05, 0) is 55.7 Å². The average Bonchev–Trinajstić information content (AvgIpc) is 2.33. The summed E-state index contributed by atoms with van der Waals surface area (Å²) in [5.41, 5.74) is 3.47. The molecule has 0 fully saturated rings. The molecular weight excluding hydrogens is 258 g/mol. The number of aryl methyl sites for hydroxylation is 3. The molecule has 0 bridgehead atoms. The Labute approximate surface area is 114 Å². The van der Waals surface area contributed by atoms with Crippen molar-refractivity contribution in [3.8, 4) is 0 Å². The van der Waals surface area contributed by atoms with Crippen LogP contribution in [0.2, 0.25) is 0 Å². The van der Waals surface area contributed by atoms with E-state index in [2.05, 4.69) is 4.72 Å². The van der Waals surface area contributed by atoms with E-state index in [0.29, 0.717) is 5.69 Å². The fourth-order valence-corrected chi connectivity index (χ4v) is 3.06. The lowest BCUT2D eigenvalue weighted by Crippen LogP contribution is -2.14. The number of hydrogen-bond donors (Lipinski definition) is 1. The lowest BCUT2D eigenvalue weighted by molar-refractivity contribution is 0.601. The number of sulfonamides is 1. The Morgan fingerprint density at radius 1 is 0.895 bits per heavy atom. The van der Waals surface area contributed by atoms with Crippen LogP contribution in [0, 0.1) is 20.8 Å². The summed E-state index contributed by atoms with van der Waals surface area (Å²) >= 11 is 0. The second-order valence-electron chi connectivity index (χ2n) is 4.74. The highest BCUT2D eigenvalue weighted by Gasteiger charge is 2.15. The molecule has 0 saturated heterocycles. The molecule has 0 heterocycles. The summed E-state index contributed by atoms with van der Waals surface area (Å²) in [7, 11) is -3.53. The Morgan fingerprint density at radius 3 is 2.26 bits per heavy atom. The van der Waals surface area contributed by atoms with Gasteiger partial charge in [0.25, 0.3) is 10.0 Å². The van der Waals surface area contributed by atoms with Gasteiger partial charge in [-0.3, -0.25) is 4.72 Å². The smallest absolute Gasteiger partial charge is 0.261 e. The zero-order valence-electron chi connectivity index (χ0n) is 11.3. The first-order chi connectivity index (χ1) is 8.88. The van der Waals surface area contributed by atoms with Crippen molar-refractivity contribution in [3.05, 3.63) is 59.2 Å². The topological polar surface area (TPSA) is 46.2 Å². The van der Waals surface area contributed by atoms with E-state index in [1.807, 2.05) is 45.0 Å². The van der Waals surface area contributed by atoms with E-state index >= 15 is 0 Å². The van der Waals surface area contributed by atoms with Gasteiger partial charge in [-0.1, -0.05) is 24.3 Å². The lowest BCUT2D eigenvalue weighted by Gasteiger charge is -2.11. The molecule has 0 aliphatic heterocycles. The Bertz CT molecular complexity index is 706. The van der Waals surface area contributed by atoms with Crippen molar-refractivity contribution in [1.29, 1.82) is 0 Å². The average molecular weight is 275 g/mol. The van der Waals surface area contributed by atoms with Gasteiger partial charge in [-0.2, -0.15) is 0 Å². The summed E-state index contributed by atoms with van der Waals surface area (Å²) in [5, 5.41) is 0. The minimum absolute atomic E-state index is 0.286. The monoisotopic (exact) mass is 275 g/mol. The molecular formula is C15H17NO2S. The second kappa shape index (κ2) is 5.05. The van der Waals surface area contributed by atoms with E-state index < -0.39 is 10.0 Å². The van der Waals surface area contributed by atoms with Crippen molar-refractivity contribution in [1.82, 2.24) is 0 Å². The maximum Gasteiger partial charge on any atom is 0.261 e. The van der Waals surface area contributed by atoms with E-state index in [4.69, 9.17) is 0 Å². The first-order valence-electron chi connectivity index (χ1n) is 6.05. The van der Waals surface area contributed by atoms with Crippen molar-refractivity contribution in [2.75, 3.05) is 4.72 Å². The summed E-state index contributed by atoms with van der Waals surface area (Å²) in [6.45, 7) is 5.69. The molecule has 0 aliphatic carbocycles. The maximum absolute atomic E-state index is 12.3. The van der Waals surface area contributed by atoms with Crippen LogP contribution >= 0.6 is 0 Å². The van der Waals surface area contributed by atoms with Crippen LogP contribution < -0.4 is 4.72 Å². The predicted octanol–water partition coefficient (Wildman–Crippen LogP) is 3.41. The predicted molar refractivity (Wildman–Crippen MR) is 77.9 cm³/mol. The first kappa shape index (κ1) is 13.6. The molecule has 4 heteroatoms. The largest absolute Gasteiger partial charge is 0.279 e. The van der Waals surface area contributed by atoms with Gasteiger partial charge in [0.1, 0.15) is 0 Å². The zero-order chi connectivity index (χ0) is 14.0. The van der Waals surface area contributed by atoms with Gasteiger partial charge in [-0.25, -0.2) is 8.42 Å². The van der Waals surface area contributed by atoms with Crippen molar-refractivity contribution >= 4 is 15.7 Å². The molecule has 0 saturated carbocycles. The molecule has 3 nitrogen and oxygen atoms in total. The number of anilines is 1. The van der Waals surface area contributed by atoms with Gasteiger partial charge in [0.05, 0.1) is 10.6 Å². The van der Waals surface area contributed by atoms with Gasteiger partial charge in [0, 0.05) is 0 Å². The molecule has 0 aromatic heterocycles. The minimum atomic E-state index is -3.53. The summed E-state index contributed by atoms with van der Waals surface area (Å²) in [6, 6.07) is 12.6. The van der Waals surface area contributed by atoms with Crippen LogP contribution in [0.5, 0.6) is 0 Å². The summed E-state index contributed by atoms with van der Waals surface area (Å²) in [6.07, 6.45) is 0. The molecule has 2 rings (SSSR count). The Morgan fingerprint density at radius 2 is 1.58 bits per heavy atom. The maximum atomic E-state index is 12.3. The van der Waals surface area contributed by atoms with E-state index in [9.17, 15) is 8.42 Å². The molecule has 2 aromatic carbocycles. The van der Waals surface area contributed by atoms with Crippen molar-refractivity contribution in [2.45, 2.75) is 25.7 Å². The normalized spacial score (nSPS) is 11.3. The molecule has 0 unspecified atom stereocenters. The Hall–Kier alpha value is -1.81. The van der Waals surface area contributed by atoms with Gasteiger partial charge < -0.3 is 0 Å². The van der Waals surface area contributed by atoms with E-state index in [0.717, 1.165) is 16.7 Å². The minimum Gasteiger partial charge on any atom is -0.279 e. The summed E-state index contributed by atoms with van der Waals surface area (Å²) in [5.74, 6) is 0. The summed E-state index contributed by atoms with van der Waals surface area (Å²) in [4.78, 5) is 0.286. The molecule has 0 spiro atoms. The van der Waals surface area contributed by atoms with Crippen LogP contribution in [0.25, 0.3) is 0 Å². The van der Waals surface area contributed by atoms with Crippen molar-refractivity contribution in [2.24, 2.45) is 0 Å². The number of benzene rings is 2. The van der Waals surface area contributed by atoms with Crippen molar-refractivity contribution < 1.29 is 8.42 Å². The summed E-state index contributed by atoms with van der Waals surface area (Å²) < 4.78 is 27.3. The first-order valence-corrected chi connectivity index (χ1v) is 7.53. The third kappa shape index (κ3) is 3.15. The highest BCUT2D eigenvalue weighted by Crippen LogP contribution is 2.21. The van der Waals surface area contributed by atoms with Crippen LogP contribution in [0.1, 0.15) is 16.7 Å². The number of hydrogen-bond acceptors (Lipinski definition) is 2. The molecule has 0 amide bonds. The highest BCUT2D eigenvalue weighted by molar-refractivity contribution is 7.92. The third-order valence-electron chi connectivity index (χ3n) is 2.94. The molecule has 2 aromatic rings. The van der Waals surface area contributed by atoms with E-state index in [1.54, 1.807) is 18.2 Å². The molecule has 1 N–H and O–H groups in total. The van der Waals surface area contributed by atoms with Crippen LogP contribution in [-0.4, -0.2) is 8.42 Å². The molecule has 100 valence electrons. The fraction of sp³-hybridized carbons (Fsp3) is 0.200. The van der Waals surface area contributed by atoms with Gasteiger partial charge in [0.15, 0.2) is 0 Å². The van der Waals surface area contributed by atoms with Crippen LogP contribution in [0.15, 0.2) is 47.4 Å². The zero-order valence-corrected chi connectivity index (χ0v) is 12.1. The van der Waals surface area contributed by atoms with Gasteiger partial charge in [0.2, 0.25) is 0 Å². The lowest BCUT2D eigenvalue weighted by atomic mass is 10.1. The van der Waals surface area contributed by atoms with Gasteiger partial charge in [-0.15, -0.1) is 0 Å². The van der Waals surface area contributed by atoms with Crippen LogP contribution in [-0.2, 0) is 10.0 Å².